The molecule has 3 nitrogen and oxygen atoms in total. The van der Waals surface area contributed by atoms with E-state index in [1.807, 2.05) is 5.40 Å². The third-order valence-corrected chi connectivity index (χ3v) is 1.91. The summed E-state index contributed by atoms with van der Waals surface area (Å²) in [6.45, 7) is 4.90. The molecule has 0 bridgehead atoms. The SMILES string of the molecule is CCCCOCCOCCSC#N.[H+]. The number of thiocyanates is 1. The molecule has 0 rings (SSSR count). The summed E-state index contributed by atoms with van der Waals surface area (Å²) in [7, 11) is 0. The Morgan fingerprint density at radius 2 is 1.92 bits per heavy atom. The van der Waals surface area contributed by atoms with Crippen LogP contribution in [0.25, 0.3) is 0 Å². The maximum absolute atomic E-state index is 8.20. The predicted molar refractivity (Wildman–Crippen MR) is 55.7 cm³/mol. The van der Waals surface area contributed by atoms with Crippen LogP contribution in [0.3, 0.4) is 0 Å². The number of nitriles is 1. The lowest BCUT2D eigenvalue weighted by molar-refractivity contribution is 0.0527. The first-order valence-electron chi connectivity index (χ1n) is 4.58. The Kier molecular flexibility index (Phi) is 11.5. The lowest BCUT2D eigenvalue weighted by Gasteiger charge is -2.03. The van der Waals surface area contributed by atoms with E-state index in [1.165, 1.54) is 18.2 Å². The zero-order valence-corrected chi connectivity index (χ0v) is 8.94. The van der Waals surface area contributed by atoms with Crippen molar-refractivity contribution in [2.45, 2.75) is 19.8 Å². The van der Waals surface area contributed by atoms with Crippen LogP contribution in [0.1, 0.15) is 21.2 Å². The van der Waals surface area contributed by atoms with Crippen molar-refractivity contribution in [3.63, 3.8) is 0 Å². The zero-order chi connectivity index (χ0) is 9.78. The molecule has 0 aromatic heterocycles. The standard InChI is InChI=1S/C9H17NO2S/c1-2-3-4-11-5-6-12-7-8-13-9-10/h2-8H2,1H3/p+1. The van der Waals surface area contributed by atoms with E-state index < -0.39 is 0 Å². The second-order valence-corrected chi connectivity index (χ2v) is 3.40. The van der Waals surface area contributed by atoms with Crippen LogP contribution in [0.15, 0.2) is 0 Å². The number of hydrogen-bond donors (Lipinski definition) is 0. The van der Waals surface area contributed by atoms with Gasteiger partial charge >= 0.3 is 1.43 Å². The van der Waals surface area contributed by atoms with Crippen LogP contribution in [0.2, 0.25) is 0 Å². The van der Waals surface area contributed by atoms with Gasteiger partial charge in [-0.2, -0.15) is 5.26 Å². The molecule has 0 aromatic carbocycles. The number of ether oxygens (including phenoxy) is 2. The number of nitrogens with zero attached hydrogens (tertiary/aromatic N) is 1. The van der Waals surface area contributed by atoms with Gasteiger partial charge in [-0.15, -0.1) is 0 Å². The van der Waals surface area contributed by atoms with Crippen LogP contribution in [0.5, 0.6) is 0 Å². The smallest absolute Gasteiger partial charge is 0.379 e. The highest BCUT2D eigenvalue weighted by Gasteiger charge is 1.90. The van der Waals surface area contributed by atoms with Gasteiger partial charge in [0.15, 0.2) is 0 Å². The molecule has 0 saturated heterocycles. The molecule has 0 fully saturated rings. The van der Waals surface area contributed by atoms with Crippen LogP contribution in [0.4, 0.5) is 0 Å². The van der Waals surface area contributed by atoms with Crippen LogP contribution >= 0.6 is 11.8 Å². The summed E-state index contributed by atoms with van der Waals surface area (Å²) in [5.41, 5.74) is 0. The van der Waals surface area contributed by atoms with Gasteiger partial charge in [-0.25, -0.2) is 0 Å². The second-order valence-electron chi connectivity index (χ2n) is 2.52. The number of rotatable bonds is 9. The van der Waals surface area contributed by atoms with Crippen molar-refractivity contribution in [3.05, 3.63) is 0 Å². The Hall–Kier alpha value is -0.240. The molecule has 0 radical (unpaired) electrons. The average molecular weight is 204 g/mol. The molecule has 4 heteroatoms. The molecule has 76 valence electrons. The monoisotopic (exact) mass is 204 g/mol. The fourth-order valence-electron chi connectivity index (χ4n) is 0.715. The lowest BCUT2D eigenvalue weighted by atomic mass is 10.4. The maximum Gasteiger partial charge on any atom is 1.00 e. The van der Waals surface area contributed by atoms with Crippen molar-refractivity contribution < 1.29 is 10.9 Å². The van der Waals surface area contributed by atoms with Crippen molar-refractivity contribution >= 4 is 11.8 Å². The number of unbranched alkanes of at least 4 members (excludes halogenated alkanes) is 1. The molecule has 0 aliphatic heterocycles. The third-order valence-electron chi connectivity index (χ3n) is 1.41. The van der Waals surface area contributed by atoms with E-state index in [-0.39, 0.29) is 1.43 Å². The minimum Gasteiger partial charge on any atom is -0.379 e. The summed E-state index contributed by atoms with van der Waals surface area (Å²) in [6.07, 6.45) is 2.28. The fraction of sp³-hybridized carbons (Fsp3) is 0.889. The van der Waals surface area contributed by atoms with Crippen LogP contribution in [-0.2, 0) is 9.47 Å². The summed E-state index contributed by atoms with van der Waals surface area (Å²) in [4.78, 5) is 0. The molecule has 0 aliphatic rings. The Labute approximate surface area is 85.9 Å². The molecule has 0 aromatic rings. The lowest BCUT2D eigenvalue weighted by Crippen LogP contribution is -2.06. The van der Waals surface area contributed by atoms with Crippen molar-refractivity contribution in [2.24, 2.45) is 0 Å². The summed E-state index contributed by atoms with van der Waals surface area (Å²) < 4.78 is 10.5. The number of thioether (sulfide) groups is 1. The Balaban J connectivity index is 0. The number of hydrogen-bond acceptors (Lipinski definition) is 4. The molecule has 0 atom stereocenters. The van der Waals surface area contributed by atoms with E-state index in [4.69, 9.17) is 14.7 Å². The van der Waals surface area contributed by atoms with E-state index in [9.17, 15) is 0 Å². The molecule has 0 unspecified atom stereocenters. The quantitative estimate of drug-likeness (QED) is 0.426. The van der Waals surface area contributed by atoms with Gasteiger partial charge in [0.1, 0.15) is 5.40 Å². The van der Waals surface area contributed by atoms with Gasteiger partial charge < -0.3 is 9.47 Å². The highest BCUT2D eigenvalue weighted by atomic mass is 32.2. The highest BCUT2D eigenvalue weighted by Crippen LogP contribution is 1.94. The molecular weight excluding hydrogens is 186 g/mol. The molecule has 0 N–H and O–H groups in total. The van der Waals surface area contributed by atoms with Gasteiger partial charge in [0, 0.05) is 12.4 Å². The Morgan fingerprint density at radius 1 is 1.23 bits per heavy atom. The summed E-state index contributed by atoms with van der Waals surface area (Å²) in [5.74, 6) is 0.742. The van der Waals surface area contributed by atoms with E-state index in [0.717, 1.165) is 18.8 Å². The molecule has 0 aliphatic carbocycles. The minimum absolute atomic E-state index is 0. The predicted octanol–water partition coefficient (Wildman–Crippen LogP) is 2.15. The topological polar surface area (TPSA) is 42.2 Å². The third kappa shape index (κ3) is 11.8. The van der Waals surface area contributed by atoms with Gasteiger partial charge in [0.05, 0.1) is 19.8 Å². The molecule has 13 heavy (non-hydrogen) atoms. The van der Waals surface area contributed by atoms with Gasteiger partial charge in [-0.3, -0.25) is 0 Å². The highest BCUT2D eigenvalue weighted by molar-refractivity contribution is 8.03. The summed E-state index contributed by atoms with van der Waals surface area (Å²) in [6, 6.07) is 0. The maximum atomic E-state index is 8.20. The van der Waals surface area contributed by atoms with Gasteiger partial charge in [0.2, 0.25) is 0 Å². The van der Waals surface area contributed by atoms with E-state index in [2.05, 4.69) is 6.92 Å². The molecule has 0 amide bonds. The van der Waals surface area contributed by atoms with Gasteiger partial charge in [-0.1, -0.05) is 13.3 Å². The second kappa shape index (κ2) is 11.8. The van der Waals surface area contributed by atoms with Crippen molar-refractivity contribution in [2.75, 3.05) is 32.2 Å². The molecular formula is C9H18NO2S+. The largest absolute Gasteiger partial charge is 1.00 e. The van der Waals surface area contributed by atoms with Gasteiger partial charge in [0.25, 0.3) is 0 Å². The Bertz CT molecular complexity index is 141. The van der Waals surface area contributed by atoms with Gasteiger partial charge in [-0.05, 0) is 18.2 Å². The normalized spacial score (nSPS) is 9.85. The minimum atomic E-state index is 0. The summed E-state index contributed by atoms with van der Waals surface area (Å²) >= 11 is 1.22. The van der Waals surface area contributed by atoms with Crippen LogP contribution in [0, 0.1) is 10.7 Å². The van der Waals surface area contributed by atoms with E-state index in [0.29, 0.717) is 19.8 Å². The van der Waals surface area contributed by atoms with Crippen LogP contribution in [-0.4, -0.2) is 32.2 Å². The molecule has 0 spiro atoms. The first kappa shape index (κ1) is 12.8. The Morgan fingerprint density at radius 3 is 2.54 bits per heavy atom. The average Bonchev–Trinajstić information content (AvgIpc) is 2.16. The van der Waals surface area contributed by atoms with Crippen LogP contribution < -0.4 is 0 Å². The van der Waals surface area contributed by atoms with E-state index >= 15 is 0 Å². The van der Waals surface area contributed by atoms with Crippen molar-refractivity contribution in [1.82, 2.24) is 0 Å². The zero-order valence-electron chi connectivity index (χ0n) is 9.12. The summed E-state index contributed by atoms with van der Waals surface area (Å²) in [5, 5.41) is 10.2. The van der Waals surface area contributed by atoms with Crippen molar-refractivity contribution in [3.8, 4) is 5.40 Å². The fourth-order valence-corrected chi connectivity index (χ4v) is 1.01. The first-order chi connectivity index (χ1) is 6.41. The first-order valence-corrected chi connectivity index (χ1v) is 5.56. The van der Waals surface area contributed by atoms with E-state index in [1.54, 1.807) is 0 Å². The van der Waals surface area contributed by atoms with Crippen molar-refractivity contribution in [1.29, 1.82) is 5.26 Å². The molecule has 0 heterocycles. The molecule has 0 saturated carbocycles.